The molecule has 7 heteroatoms. The molecule has 29 heavy (non-hydrogen) atoms. The molecule has 154 valence electrons. The van der Waals surface area contributed by atoms with E-state index in [0.717, 1.165) is 11.3 Å². The van der Waals surface area contributed by atoms with Gasteiger partial charge in [0.2, 0.25) is 11.8 Å². The van der Waals surface area contributed by atoms with Crippen LogP contribution in [0.25, 0.3) is 0 Å². The van der Waals surface area contributed by atoms with Crippen LogP contribution in [0.1, 0.15) is 22.3 Å². The van der Waals surface area contributed by atoms with E-state index in [2.05, 4.69) is 10.6 Å². The SMILES string of the molecule is CN(C)C(=O)CCc1cccc(NCC(=O)Nc2ccc(C(=O)N(C)C)cc2)c1. The monoisotopic (exact) mass is 396 g/mol. The van der Waals surface area contributed by atoms with E-state index in [0.29, 0.717) is 24.1 Å². The Hall–Kier alpha value is -3.35. The van der Waals surface area contributed by atoms with E-state index in [-0.39, 0.29) is 24.3 Å². The highest BCUT2D eigenvalue weighted by Crippen LogP contribution is 2.14. The van der Waals surface area contributed by atoms with Gasteiger partial charge in [-0.05, 0) is 48.4 Å². The zero-order valence-corrected chi connectivity index (χ0v) is 17.4. The van der Waals surface area contributed by atoms with Crippen molar-refractivity contribution >= 4 is 29.1 Å². The molecular weight excluding hydrogens is 368 g/mol. The summed E-state index contributed by atoms with van der Waals surface area (Å²) in [5.74, 6) is -0.192. The van der Waals surface area contributed by atoms with Gasteiger partial charge >= 0.3 is 0 Å². The number of rotatable bonds is 8. The fourth-order valence-corrected chi connectivity index (χ4v) is 2.65. The van der Waals surface area contributed by atoms with Crippen LogP contribution in [-0.4, -0.2) is 62.3 Å². The summed E-state index contributed by atoms with van der Waals surface area (Å²) in [7, 11) is 6.87. The summed E-state index contributed by atoms with van der Waals surface area (Å²) in [5.41, 5.74) is 3.05. The average Bonchev–Trinajstić information content (AvgIpc) is 2.70. The van der Waals surface area contributed by atoms with Crippen molar-refractivity contribution in [1.29, 1.82) is 0 Å². The Morgan fingerprint density at radius 2 is 1.55 bits per heavy atom. The first-order chi connectivity index (χ1) is 13.8. The van der Waals surface area contributed by atoms with E-state index in [1.165, 1.54) is 4.90 Å². The van der Waals surface area contributed by atoms with Crippen molar-refractivity contribution < 1.29 is 14.4 Å². The number of anilines is 2. The minimum atomic E-state index is -0.190. The van der Waals surface area contributed by atoms with Gasteiger partial charge in [0.15, 0.2) is 0 Å². The Balaban J connectivity index is 1.85. The highest BCUT2D eigenvalue weighted by molar-refractivity contribution is 5.96. The molecule has 0 saturated carbocycles. The number of amides is 3. The second-order valence-electron chi connectivity index (χ2n) is 7.17. The molecule has 0 spiro atoms. The lowest BCUT2D eigenvalue weighted by Crippen LogP contribution is -2.23. The molecule has 2 rings (SSSR count). The molecule has 3 amide bonds. The van der Waals surface area contributed by atoms with Crippen molar-refractivity contribution in [3.8, 4) is 0 Å². The molecule has 0 bridgehead atoms. The summed E-state index contributed by atoms with van der Waals surface area (Å²) >= 11 is 0. The minimum absolute atomic E-state index is 0.0843. The highest BCUT2D eigenvalue weighted by Gasteiger charge is 2.09. The first-order valence-electron chi connectivity index (χ1n) is 9.41. The minimum Gasteiger partial charge on any atom is -0.376 e. The molecule has 2 aromatic carbocycles. The maximum Gasteiger partial charge on any atom is 0.253 e. The Bertz CT molecular complexity index is 861. The summed E-state index contributed by atoms with van der Waals surface area (Å²) in [6.07, 6.45) is 1.10. The maximum atomic E-state index is 12.2. The molecular formula is C22H28N4O3. The number of nitrogens with zero attached hydrogens (tertiary/aromatic N) is 2. The van der Waals surface area contributed by atoms with Crippen LogP contribution in [0.4, 0.5) is 11.4 Å². The number of carbonyl (C=O) groups is 3. The van der Waals surface area contributed by atoms with E-state index in [4.69, 9.17) is 0 Å². The van der Waals surface area contributed by atoms with Gasteiger partial charge in [0, 0.05) is 51.5 Å². The van der Waals surface area contributed by atoms with Crippen molar-refractivity contribution in [2.24, 2.45) is 0 Å². The van der Waals surface area contributed by atoms with Gasteiger partial charge in [-0.3, -0.25) is 14.4 Å². The zero-order chi connectivity index (χ0) is 21.4. The Morgan fingerprint density at radius 3 is 2.17 bits per heavy atom. The first kappa shape index (κ1) is 21.9. The molecule has 0 unspecified atom stereocenters. The van der Waals surface area contributed by atoms with Crippen LogP contribution in [0.3, 0.4) is 0 Å². The standard InChI is InChI=1S/C22H28N4O3/c1-25(2)21(28)13-8-16-6-5-7-19(14-16)23-15-20(27)24-18-11-9-17(10-12-18)22(29)26(3)4/h5-7,9-12,14,23H,8,13,15H2,1-4H3,(H,24,27). The summed E-state index contributed by atoms with van der Waals surface area (Å²) in [6.45, 7) is 0.110. The quantitative estimate of drug-likeness (QED) is 0.718. The van der Waals surface area contributed by atoms with Crippen molar-refractivity contribution in [1.82, 2.24) is 9.80 Å². The number of nitrogens with one attached hydrogen (secondary N) is 2. The predicted octanol–water partition coefficient (Wildman–Crippen LogP) is 2.46. The van der Waals surface area contributed by atoms with Gasteiger partial charge in [-0.15, -0.1) is 0 Å². The van der Waals surface area contributed by atoms with E-state index in [1.807, 2.05) is 24.3 Å². The summed E-state index contributed by atoms with van der Waals surface area (Å²) in [6, 6.07) is 14.5. The maximum absolute atomic E-state index is 12.2. The summed E-state index contributed by atoms with van der Waals surface area (Å²) in [5, 5.41) is 5.89. The third-order valence-corrected chi connectivity index (χ3v) is 4.33. The Kier molecular flexibility index (Phi) is 7.77. The van der Waals surface area contributed by atoms with Crippen molar-refractivity contribution in [3.05, 3.63) is 59.7 Å². The molecule has 0 aliphatic carbocycles. The van der Waals surface area contributed by atoms with Gasteiger partial charge in [0.05, 0.1) is 6.54 Å². The van der Waals surface area contributed by atoms with Gasteiger partial charge in [0.1, 0.15) is 0 Å². The first-order valence-corrected chi connectivity index (χ1v) is 9.41. The van der Waals surface area contributed by atoms with Crippen LogP contribution < -0.4 is 10.6 Å². The molecule has 0 aliphatic heterocycles. The van der Waals surface area contributed by atoms with Gasteiger partial charge in [0.25, 0.3) is 5.91 Å². The fraction of sp³-hybridized carbons (Fsp3) is 0.318. The van der Waals surface area contributed by atoms with E-state index >= 15 is 0 Å². The second kappa shape index (κ2) is 10.3. The molecule has 0 saturated heterocycles. The van der Waals surface area contributed by atoms with E-state index in [1.54, 1.807) is 57.4 Å². The van der Waals surface area contributed by atoms with Crippen LogP contribution in [0.2, 0.25) is 0 Å². The number of benzene rings is 2. The van der Waals surface area contributed by atoms with Crippen LogP contribution in [0.15, 0.2) is 48.5 Å². The third-order valence-electron chi connectivity index (χ3n) is 4.33. The topological polar surface area (TPSA) is 81.8 Å². The molecule has 0 heterocycles. The molecule has 0 fully saturated rings. The largest absolute Gasteiger partial charge is 0.376 e. The van der Waals surface area contributed by atoms with Crippen LogP contribution in [0, 0.1) is 0 Å². The number of hydrogen-bond acceptors (Lipinski definition) is 4. The van der Waals surface area contributed by atoms with Gasteiger partial charge < -0.3 is 20.4 Å². The fourth-order valence-electron chi connectivity index (χ4n) is 2.65. The van der Waals surface area contributed by atoms with Gasteiger partial charge in [-0.2, -0.15) is 0 Å². The van der Waals surface area contributed by atoms with E-state index in [9.17, 15) is 14.4 Å². The third kappa shape index (κ3) is 6.95. The van der Waals surface area contributed by atoms with Crippen molar-refractivity contribution in [3.63, 3.8) is 0 Å². The normalized spacial score (nSPS) is 10.2. The lowest BCUT2D eigenvalue weighted by molar-refractivity contribution is -0.128. The van der Waals surface area contributed by atoms with Gasteiger partial charge in [-0.1, -0.05) is 12.1 Å². The van der Waals surface area contributed by atoms with Crippen LogP contribution in [0.5, 0.6) is 0 Å². The molecule has 0 aromatic heterocycles. The lowest BCUT2D eigenvalue weighted by atomic mass is 10.1. The van der Waals surface area contributed by atoms with Crippen molar-refractivity contribution in [2.45, 2.75) is 12.8 Å². The lowest BCUT2D eigenvalue weighted by Gasteiger charge is -2.12. The molecule has 7 nitrogen and oxygen atoms in total. The number of hydrogen-bond donors (Lipinski definition) is 2. The van der Waals surface area contributed by atoms with Crippen molar-refractivity contribution in [2.75, 3.05) is 45.4 Å². The average molecular weight is 396 g/mol. The van der Waals surface area contributed by atoms with E-state index < -0.39 is 0 Å². The molecule has 0 radical (unpaired) electrons. The molecule has 0 atom stereocenters. The molecule has 2 N–H and O–H groups in total. The van der Waals surface area contributed by atoms with Crippen LogP contribution in [-0.2, 0) is 16.0 Å². The zero-order valence-electron chi connectivity index (χ0n) is 17.4. The summed E-state index contributed by atoms with van der Waals surface area (Å²) in [4.78, 5) is 38.9. The highest BCUT2D eigenvalue weighted by atomic mass is 16.2. The predicted molar refractivity (Wildman–Crippen MR) is 115 cm³/mol. The van der Waals surface area contributed by atoms with Gasteiger partial charge in [-0.25, -0.2) is 0 Å². The second-order valence-corrected chi connectivity index (χ2v) is 7.17. The summed E-state index contributed by atoms with van der Waals surface area (Å²) < 4.78 is 0. The number of aryl methyl sites for hydroxylation is 1. The smallest absolute Gasteiger partial charge is 0.253 e. The Labute approximate surface area is 171 Å². The molecule has 2 aromatic rings. The number of carbonyl (C=O) groups excluding carboxylic acids is 3. The molecule has 0 aliphatic rings. The van der Waals surface area contributed by atoms with Crippen LogP contribution >= 0.6 is 0 Å². The Morgan fingerprint density at radius 1 is 0.862 bits per heavy atom.